The standard InChI is InChI=1S/C7H3I2NO.C2H5NO2/c8-5-1-4(3-10)2-6(9)7(5)11;1-2(3)4-5-2/h1-2,11H;3H2,1H3. The van der Waals surface area contributed by atoms with Gasteiger partial charge in [0.15, 0.2) is 0 Å². The van der Waals surface area contributed by atoms with E-state index in [0.717, 1.165) is 0 Å². The Labute approximate surface area is 120 Å². The minimum Gasteiger partial charge on any atom is -0.506 e. The Bertz CT molecular complexity index is 414. The average molecular weight is 446 g/mol. The first kappa shape index (κ1) is 13.9. The molecule has 1 fully saturated rings. The van der Waals surface area contributed by atoms with Gasteiger partial charge in [0.1, 0.15) is 5.75 Å². The molecular weight excluding hydrogens is 438 g/mol. The average Bonchev–Trinajstić information content (AvgIpc) is 2.90. The van der Waals surface area contributed by atoms with Gasteiger partial charge >= 0.3 is 0 Å². The van der Waals surface area contributed by atoms with Gasteiger partial charge in [-0.15, -0.1) is 0 Å². The molecule has 1 aromatic rings. The van der Waals surface area contributed by atoms with Crippen LogP contribution in [0, 0.1) is 18.5 Å². The maximum Gasteiger partial charge on any atom is 0.282 e. The Hall–Kier alpha value is -0.150. The molecule has 86 valence electrons. The quantitative estimate of drug-likeness (QED) is 0.362. The lowest BCUT2D eigenvalue weighted by Crippen LogP contribution is -2.16. The molecule has 0 aliphatic carbocycles. The molecule has 0 spiro atoms. The van der Waals surface area contributed by atoms with E-state index in [4.69, 9.17) is 11.0 Å². The smallest absolute Gasteiger partial charge is 0.282 e. The Morgan fingerprint density at radius 3 is 2.00 bits per heavy atom. The van der Waals surface area contributed by atoms with E-state index in [2.05, 4.69) is 9.78 Å². The fourth-order valence-electron chi connectivity index (χ4n) is 0.696. The highest BCUT2D eigenvalue weighted by molar-refractivity contribution is 14.1. The van der Waals surface area contributed by atoms with Crippen molar-refractivity contribution in [1.82, 2.24) is 0 Å². The van der Waals surface area contributed by atoms with Crippen LogP contribution >= 0.6 is 45.2 Å². The molecule has 3 N–H and O–H groups in total. The number of benzene rings is 1. The molecule has 5 nitrogen and oxygen atoms in total. The van der Waals surface area contributed by atoms with Crippen LogP contribution < -0.4 is 5.73 Å². The number of halogens is 2. The van der Waals surface area contributed by atoms with Gasteiger partial charge in [-0.3, -0.25) is 5.73 Å². The zero-order valence-electron chi connectivity index (χ0n) is 8.20. The van der Waals surface area contributed by atoms with Gasteiger partial charge in [0.05, 0.1) is 18.8 Å². The minimum absolute atomic E-state index is 0.255. The van der Waals surface area contributed by atoms with Crippen molar-refractivity contribution >= 4 is 45.2 Å². The number of hydrogen-bond donors (Lipinski definition) is 2. The van der Waals surface area contributed by atoms with E-state index in [9.17, 15) is 5.11 Å². The zero-order valence-corrected chi connectivity index (χ0v) is 12.5. The third-order valence-electron chi connectivity index (χ3n) is 1.49. The number of hydrogen-bond acceptors (Lipinski definition) is 5. The summed E-state index contributed by atoms with van der Waals surface area (Å²) in [6, 6.07) is 5.32. The second-order valence-electron chi connectivity index (χ2n) is 3.08. The van der Waals surface area contributed by atoms with Gasteiger partial charge in [-0.05, 0) is 57.3 Å². The molecule has 0 bridgehead atoms. The summed E-state index contributed by atoms with van der Waals surface area (Å²) in [5.74, 6) is -0.495. The van der Waals surface area contributed by atoms with Crippen LogP contribution in [0.5, 0.6) is 5.75 Å². The molecule has 1 aromatic carbocycles. The molecule has 0 atom stereocenters. The Kier molecular flexibility index (Phi) is 4.74. The fraction of sp³-hybridized carbons (Fsp3) is 0.222. The second-order valence-corrected chi connectivity index (χ2v) is 5.41. The normalized spacial score (nSPS) is 15.7. The largest absolute Gasteiger partial charge is 0.506 e. The van der Waals surface area contributed by atoms with Crippen molar-refractivity contribution in [2.24, 2.45) is 5.73 Å². The highest BCUT2D eigenvalue weighted by Gasteiger charge is 2.37. The number of phenols is 1. The number of nitrogens with two attached hydrogens (primary N) is 1. The van der Waals surface area contributed by atoms with Gasteiger partial charge in [-0.25, -0.2) is 0 Å². The van der Waals surface area contributed by atoms with Crippen molar-refractivity contribution in [2.45, 2.75) is 12.8 Å². The summed E-state index contributed by atoms with van der Waals surface area (Å²) >= 11 is 3.99. The molecule has 1 aliphatic heterocycles. The number of nitriles is 1. The van der Waals surface area contributed by atoms with Gasteiger partial charge in [0.2, 0.25) is 0 Å². The topological polar surface area (TPSA) is 95.1 Å². The molecule has 0 saturated carbocycles. The summed E-state index contributed by atoms with van der Waals surface area (Å²) < 4.78 is 1.43. The summed E-state index contributed by atoms with van der Waals surface area (Å²) in [7, 11) is 0. The number of phenolic OH excluding ortho intramolecular Hbond substituents is 1. The third-order valence-corrected chi connectivity index (χ3v) is 3.14. The molecule has 0 radical (unpaired) electrons. The van der Waals surface area contributed by atoms with Gasteiger partial charge in [-0.1, -0.05) is 0 Å². The van der Waals surface area contributed by atoms with E-state index in [0.29, 0.717) is 12.7 Å². The molecule has 2 rings (SSSR count). The molecule has 0 unspecified atom stereocenters. The first-order valence-corrected chi connectivity index (χ1v) is 6.25. The van der Waals surface area contributed by atoms with Crippen LogP contribution in [0.1, 0.15) is 12.5 Å². The van der Waals surface area contributed by atoms with Gasteiger partial charge in [-0.2, -0.15) is 15.0 Å². The predicted molar refractivity (Wildman–Crippen MR) is 73.0 cm³/mol. The molecular formula is C9H8I2N2O3. The summed E-state index contributed by atoms with van der Waals surface area (Å²) in [4.78, 5) is 8.35. The summed E-state index contributed by atoms with van der Waals surface area (Å²) in [6.45, 7) is 1.63. The van der Waals surface area contributed by atoms with Crippen LogP contribution in [0.15, 0.2) is 12.1 Å². The predicted octanol–water partition coefficient (Wildman–Crippen LogP) is 2.05. The summed E-state index contributed by atoms with van der Waals surface area (Å²) in [5, 5.41) is 17.8. The number of aromatic hydroxyl groups is 1. The highest BCUT2D eigenvalue weighted by Crippen LogP contribution is 2.26. The minimum atomic E-state index is -0.750. The first-order chi connectivity index (χ1) is 7.35. The first-order valence-electron chi connectivity index (χ1n) is 4.09. The highest BCUT2D eigenvalue weighted by atomic mass is 127. The van der Waals surface area contributed by atoms with Crippen molar-refractivity contribution < 1.29 is 14.9 Å². The van der Waals surface area contributed by atoms with E-state index in [1.165, 1.54) is 0 Å². The lowest BCUT2D eigenvalue weighted by Gasteiger charge is -1.99. The molecule has 1 saturated heterocycles. The zero-order chi connectivity index (χ0) is 12.3. The van der Waals surface area contributed by atoms with E-state index < -0.39 is 5.91 Å². The van der Waals surface area contributed by atoms with Crippen LogP contribution in [-0.4, -0.2) is 11.0 Å². The lowest BCUT2D eigenvalue weighted by atomic mass is 10.2. The van der Waals surface area contributed by atoms with E-state index in [-0.39, 0.29) is 5.75 Å². The van der Waals surface area contributed by atoms with Crippen molar-refractivity contribution in [3.8, 4) is 11.8 Å². The van der Waals surface area contributed by atoms with Crippen LogP contribution in [-0.2, 0) is 9.78 Å². The second kappa shape index (κ2) is 5.46. The van der Waals surface area contributed by atoms with Crippen molar-refractivity contribution in [1.29, 1.82) is 5.26 Å². The van der Waals surface area contributed by atoms with E-state index in [1.54, 1.807) is 19.1 Å². The molecule has 1 heterocycles. The molecule has 7 heteroatoms. The van der Waals surface area contributed by atoms with Crippen LogP contribution in [0.4, 0.5) is 0 Å². The Morgan fingerprint density at radius 1 is 1.38 bits per heavy atom. The summed E-state index contributed by atoms with van der Waals surface area (Å²) in [5.41, 5.74) is 5.60. The Balaban J connectivity index is 0.000000212. The van der Waals surface area contributed by atoms with Crippen LogP contribution in [0.2, 0.25) is 0 Å². The molecule has 16 heavy (non-hydrogen) atoms. The molecule has 0 aromatic heterocycles. The maximum absolute atomic E-state index is 9.30. The van der Waals surface area contributed by atoms with Crippen LogP contribution in [0.25, 0.3) is 0 Å². The fourth-order valence-corrected chi connectivity index (χ4v) is 2.46. The van der Waals surface area contributed by atoms with Gasteiger partial charge in [0.25, 0.3) is 5.91 Å². The number of rotatable bonds is 0. The van der Waals surface area contributed by atoms with Crippen molar-refractivity contribution in [3.05, 3.63) is 24.8 Å². The summed E-state index contributed by atoms with van der Waals surface area (Å²) in [6.07, 6.45) is 0. The molecule has 0 amide bonds. The van der Waals surface area contributed by atoms with E-state index >= 15 is 0 Å². The molecule has 1 aliphatic rings. The van der Waals surface area contributed by atoms with Crippen LogP contribution in [0.3, 0.4) is 0 Å². The van der Waals surface area contributed by atoms with Crippen molar-refractivity contribution in [2.75, 3.05) is 0 Å². The Morgan fingerprint density at radius 2 is 1.75 bits per heavy atom. The SMILES string of the molecule is CC1(N)OO1.N#Cc1cc(I)c(O)c(I)c1. The monoisotopic (exact) mass is 446 g/mol. The van der Waals surface area contributed by atoms with Gasteiger partial charge in [0, 0.05) is 6.92 Å². The number of nitrogens with zero attached hydrogens (tertiary/aromatic N) is 1. The van der Waals surface area contributed by atoms with Gasteiger partial charge < -0.3 is 5.11 Å². The third kappa shape index (κ3) is 4.38. The lowest BCUT2D eigenvalue weighted by molar-refractivity contribution is 0.0850. The maximum atomic E-state index is 9.30. The van der Waals surface area contributed by atoms with Crippen molar-refractivity contribution in [3.63, 3.8) is 0 Å². The van der Waals surface area contributed by atoms with E-state index in [1.807, 2.05) is 51.3 Å².